The number of aromatic nitrogens is 1. The number of hydrogen-bond acceptors (Lipinski definition) is 4. The van der Waals surface area contributed by atoms with E-state index in [1.807, 2.05) is 12.1 Å². The van der Waals surface area contributed by atoms with Crippen LogP contribution in [0, 0.1) is 6.92 Å². The SMILES string of the molecule is Cc1cc(NC(=O)CCNc2cccc(Cl)c2)no1. The van der Waals surface area contributed by atoms with Gasteiger partial charge in [0.05, 0.1) is 0 Å². The van der Waals surface area contributed by atoms with Crippen LogP contribution >= 0.6 is 11.6 Å². The molecule has 2 aromatic rings. The fourth-order valence-electron chi connectivity index (χ4n) is 1.55. The Morgan fingerprint density at radius 1 is 1.42 bits per heavy atom. The minimum absolute atomic E-state index is 0.122. The zero-order valence-electron chi connectivity index (χ0n) is 10.4. The van der Waals surface area contributed by atoms with E-state index in [1.165, 1.54) is 0 Å². The largest absolute Gasteiger partial charge is 0.384 e. The van der Waals surface area contributed by atoms with Crippen LogP contribution in [0.5, 0.6) is 0 Å². The zero-order chi connectivity index (χ0) is 13.7. The number of nitrogens with one attached hydrogen (secondary N) is 2. The molecule has 0 radical (unpaired) electrons. The molecule has 0 spiro atoms. The Bertz CT molecular complexity index is 569. The first kappa shape index (κ1) is 13.4. The fourth-order valence-corrected chi connectivity index (χ4v) is 1.74. The third kappa shape index (κ3) is 4.30. The normalized spacial score (nSPS) is 10.2. The second-order valence-electron chi connectivity index (χ2n) is 4.06. The van der Waals surface area contributed by atoms with E-state index < -0.39 is 0 Å². The van der Waals surface area contributed by atoms with Crippen molar-refractivity contribution in [2.24, 2.45) is 0 Å². The van der Waals surface area contributed by atoms with Crippen molar-refractivity contribution in [3.05, 3.63) is 41.1 Å². The smallest absolute Gasteiger partial charge is 0.227 e. The van der Waals surface area contributed by atoms with Crippen molar-refractivity contribution < 1.29 is 9.32 Å². The van der Waals surface area contributed by atoms with E-state index in [0.29, 0.717) is 29.6 Å². The second kappa shape index (κ2) is 6.24. The van der Waals surface area contributed by atoms with Gasteiger partial charge in [-0.3, -0.25) is 4.79 Å². The fraction of sp³-hybridized carbons (Fsp3) is 0.231. The molecular weight excluding hydrogens is 266 g/mol. The van der Waals surface area contributed by atoms with Gasteiger partial charge in [0.1, 0.15) is 5.76 Å². The van der Waals surface area contributed by atoms with Crippen molar-refractivity contribution in [2.45, 2.75) is 13.3 Å². The Balaban J connectivity index is 1.75. The van der Waals surface area contributed by atoms with Gasteiger partial charge in [0, 0.05) is 29.7 Å². The lowest BCUT2D eigenvalue weighted by Gasteiger charge is -2.06. The number of rotatable bonds is 5. The first-order valence-electron chi connectivity index (χ1n) is 5.86. The van der Waals surface area contributed by atoms with Gasteiger partial charge < -0.3 is 15.2 Å². The summed E-state index contributed by atoms with van der Waals surface area (Å²) in [6, 6.07) is 9.02. The highest BCUT2D eigenvalue weighted by atomic mass is 35.5. The summed E-state index contributed by atoms with van der Waals surface area (Å²) >= 11 is 5.86. The van der Waals surface area contributed by atoms with Crippen molar-refractivity contribution >= 4 is 29.0 Å². The molecule has 2 N–H and O–H groups in total. The van der Waals surface area contributed by atoms with Gasteiger partial charge in [0.15, 0.2) is 5.82 Å². The molecule has 6 heteroatoms. The maximum absolute atomic E-state index is 11.6. The Labute approximate surface area is 115 Å². The molecule has 0 aliphatic rings. The summed E-state index contributed by atoms with van der Waals surface area (Å²) in [6.07, 6.45) is 0.332. The van der Waals surface area contributed by atoms with Crippen LogP contribution < -0.4 is 10.6 Å². The molecule has 2 rings (SSSR count). The Morgan fingerprint density at radius 3 is 2.95 bits per heavy atom. The average Bonchev–Trinajstić information content (AvgIpc) is 2.75. The van der Waals surface area contributed by atoms with Crippen molar-refractivity contribution in [3.63, 3.8) is 0 Å². The Morgan fingerprint density at radius 2 is 2.26 bits per heavy atom. The van der Waals surface area contributed by atoms with E-state index in [9.17, 15) is 4.79 Å². The Hall–Kier alpha value is -2.01. The molecule has 1 aromatic heterocycles. The highest BCUT2D eigenvalue weighted by Gasteiger charge is 2.05. The maximum atomic E-state index is 11.6. The molecule has 0 bridgehead atoms. The van der Waals surface area contributed by atoms with Gasteiger partial charge in [-0.1, -0.05) is 22.8 Å². The lowest BCUT2D eigenvalue weighted by Crippen LogP contribution is -2.16. The number of amides is 1. The van der Waals surface area contributed by atoms with E-state index in [-0.39, 0.29) is 5.91 Å². The maximum Gasteiger partial charge on any atom is 0.227 e. The van der Waals surface area contributed by atoms with E-state index in [0.717, 1.165) is 5.69 Å². The van der Waals surface area contributed by atoms with Gasteiger partial charge in [0.25, 0.3) is 0 Å². The molecule has 5 nitrogen and oxygen atoms in total. The number of aryl methyl sites for hydroxylation is 1. The van der Waals surface area contributed by atoms with Gasteiger partial charge in [-0.2, -0.15) is 0 Å². The van der Waals surface area contributed by atoms with Crippen molar-refractivity contribution in [3.8, 4) is 0 Å². The van der Waals surface area contributed by atoms with Crippen molar-refractivity contribution in [1.29, 1.82) is 0 Å². The molecule has 1 heterocycles. The van der Waals surface area contributed by atoms with Gasteiger partial charge >= 0.3 is 0 Å². The minimum atomic E-state index is -0.122. The number of benzene rings is 1. The third-order valence-corrected chi connectivity index (χ3v) is 2.64. The molecule has 0 aliphatic carbocycles. The van der Waals surface area contributed by atoms with Crippen LogP contribution in [0.1, 0.15) is 12.2 Å². The first-order chi connectivity index (χ1) is 9.13. The van der Waals surface area contributed by atoms with Gasteiger partial charge in [-0.25, -0.2) is 0 Å². The van der Waals surface area contributed by atoms with Gasteiger partial charge in [0.2, 0.25) is 5.91 Å². The van der Waals surface area contributed by atoms with Crippen molar-refractivity contribution in [1.82, 2.24) is 5.16 Å². The summed E-state index contributed by atoms with van der Waals surface area (Å²) in [5.41, 5.74) is 0.887. The molecule has 0 unspecified atom stereocenters. The molecule has 0 saturated carbocycles. The van der Waals surface area contributed by atoms with Gasteiger partial charge in [-0.15, -0.1) is 0 Å². The van der Waals surface area contributed by atoms with Crippen molar-refractivity contribution in [2.75, 3.05) is 17.2 Å². The monoisotopic (exact) mass is 279 g/mol. The number of nitrogens with zero attached hydrogens (tertiary/aromatic N) is 1. The van der Waals surface area contributed by atoms with Crippen LogP contribution in [-0.2, 0) is 4.79 Å². The van der Waals surface area contributed by atoms with Crippen LogP contribution in [0.25, 0.3) is 0 Å². The van der Waals surface area contributed by atoms with E-state index in [4.69, 9.17) is 16.1 Å². The number of halogens is 1. The first-order valence-corrected chi connectivity index (χ1v) is 6.24. The predicted molar refractivity (Wildman–Crippen MR) is 74.4 cm³/mol. The van der Waals surface area contributed by atoms with E-state index in [2.05, 4.69) is 15.8 Å². The topological polar surface area (TPSA) is 67.2 Å². The number of hydrogen-bond donors (Lipinski definition) is 2. The second-order valence-corrected chi connectivity index (χ2v) is 4.49. The predicted octanol–water partition coefficient (Wildman–Crippen LogP) is 3.08. The highest BCUT2D eigenvalue weighted by Crippen LogP contribution is 2.14. The molecule has 100 valence electrons. The van der Waals surface area contributed by atoms with Gasteiger partial charge in [-0.05, 0) is 25.1 Å². The summed E-state index contributed by atoms with van der Waals surface area (Å²) in [7, 11) is 0. The minimum Gasteiger partial charge on any atom is -0.384 e. The van der Waals surface area contributed by atoms with Crippen LogP contribution in [0.3, 0.4) is 0 Å². The molecule has 0 aliphatic heterocycles. The van der Waals surface area contributed by atoms with Crippen LogP contribution in [0.4, 0.5) is 11.5 Å². The number of carbonyl (C=O) groups excluding carboxylic acids is 1. The number of anilines is 2. The van der Waals surface area contributed by atoms with Crippen LogP contribution in [0.15, 0.2) is 34.9 Å². The van der Waals surface area contributed by atoms with Crippen LogP contribution in [0.2, 0.25) is 5.02 Å². The standard InChI is InChI=1S/C13H14ClN3O2/c1-9-7-12(17-19-9)16-13(18)5-6-15-11-4-2-3-10(14)8-11/h2-4,7-8,15H,5-6H2,1H3,(H,16,17,18). The summed E-state index contributed by atoms with van der Waals surface area (Å²) in [4.78, 5) is 11.6. The summed E-state index contributed by atoms with van der Waals surface area (Å²) < 4.78 is 4.86. The lowest BCUT2D eigenvalue weighted by atomic mass is 10.3. The molecule has 1 aromatic carbocycles. The molecule has 0 saturated heterocycles. The third-order valence-electron chi connectivity index (χ3n) is 2.40. The van der Waals surface area contributed by atoms with Crippen LogP contribution in [-0.4, -0.2) is 17.6 Å². The summed E-state index contributed by atoms with van der Waals surface area (Å²) in [5.74, 6) is 0.973. The molecular formula is C13H14ClN3O2. The average molecular weight is 280 g/mol. The molecule has 19 heavy (non-hydrogen) atoms. The zero-order valence-corrected chi connectivity index (χ0v) is 11.2. The molecule has 0 fully saturated rings. The quantitative estimate of drug-likeness (QED) is 0.883. The molecule has 0 atom stereocenters. The highest BCUT2D eigenvalue weighted by molar-refractivity contribution is 6.30. The lowest BCUT2D eigenvalue weighted by molar-refractivity contribution is -0.116. The van der Waals surface area contributed by atoms with E-state index in [1.54, 1.807) is 25.1 Å². The Kier molecular flexibility index (Phi) is 4.41. The summed E-state index contributed by atoms with van der Waals surface area (Å²) in [5, 5.41) is 10.1. The van der Waals surface area contributed by atoms with E-state index >= 15 is 0 Å². The molecule has 1 amide bonds. The number of carbonyl (C=O) groups is 1. The summed E-state index contributed by atoms with van der Waals surface area (Å²) in [6.45, 7) is 2.28.